The number of anilines is 1. The molecule has 0 unspecified atom stereocenters. The van der Waals surface area contributed by atoms with Crippen molar-refractivity contribution >= 4 is 22.9 Å². The molecule has 2 aromatic heterocycles. The number of carbonyl (C=O) groups is 1. The van der Waals surface area contributed by atoms with E-state index in [1.807, 2.05) is 20.8 Å². The summed E-state index contributed by atoms with van der Waals surface area (Å²) in [6.45, 7) is 9.16. The summed E-state index contributed by atoms with van der Waals surface area (Å²) in [7, 11) is 1.63. The zero-order chi connectivity index (χ0) is 22.3. The van der Waals surface area contributed by atoms with Crippen LogP contribution in [0.1, 0.15) is 39.1 Å². The van der Waals surface area contributed by atoms with Crippen LogP contribution in [0.15, 0.2) is 29.1 Å². The highest BCUT2D eigenvalue weighted by molar-refractivity contribution is 7.17. The van der Waals surface area contributed by atoms with Crippen LogP contribution in [0.25, 0.3) is 10.6 Å². The number of hydrogen-bond acceptors (Lipinski definition) is 6. The average molecular weight is 438 g/mol. The molecule has 1 atom stereocenters. The SMILES string of the molecule is Cc1nc(-c2c(C)c(C)nn(C)c2=O)sc1C(=O)NC[C@@H](C)N1CCc2ccccc21. The van der Waals surface area contributed by atoms with Gasteiger partial charge in [0.05, 0.1) is 17.0 Å². The second-order valence-corrected chi connectivity index (χ2v) is 9.08. The molecule has 0 bridgehead atoms. The number of carbonyl (C=O) groups excluding carboxylic acids is 1. The lowest BCUT2D eigenvalue weighted by Gasteiger charge is -2.27. The summed E-state index contributed by atoms with van der Waals surface area (Å²) in [6.07, 6.45) is 1.03. The zero-order valence-corrected chi connectivity index (χ0v) is 19.3. The van der Waals surface area contributed by atoms with Crippen molar-refractivity contribution in [2.45, 2.75) is 40.2 Å². The van der Waals surface area contributed by atoms with Gasteiger partial charge < -0.3 is 10.2 Å². The number of rotatable bonds is 5. The van der Waals surface area contributed by atoms with Crippen LogP contribution in [0.5, 0.6) is 0 Å². The van der Waals surface area contributed by atoms with Gasteiger partial charge in [-0.3, -0.25) is 9.59 Å². The fraction of sp³-hybridized carbons (Fsp3) is 0.391. The van der Waals surface area contributed by atoms with Gasteiger partial charge in [0.1, 0.15) is 9.88 Å². The van der Waals surface area contributed by atoms with Crippen molar-refractivity contribution in [3.05, 3.63) is 62.0 Å². The normalized spacial score (nSPS) is 13.9. The maximum absolute atomic E-state index is 12.9. The first-order valence-electron chi connectivity index (χ1n) is 10.4. The number of hydrogen-bond donors (Lipinski definition) is 1. The van der Waals surface area contributed by atoms with E-state index in [4.69, 9.17) is 0 Å². The molecule has 0 spiro atoms. The minimum absolute atomic E-state index is 0.152. The average Bonchev–Trinajstić information content (AvgIpc) is 3.34. The molecule has 162 valence electrons. The van der Waals surface area contributed by atoms with Crippen molar-refractivity contribution in [3.63, 3.8) is 0 Å². The molecule has 0 radical (unpaired) electrons. The lowest BCUT2D eigenvalue weighted by atomic mass is 10.1. The third-order valence-corrected chi connectivity index (χ3v) is 7.13. The summed E-state index contributed by atoms with van der Waals surface area (Å²) in [5.41, 5.74) is 5.12. The van der Waals surface area contributed by atoms with Crippen LogP contribution in [0.4, 0.5) is 5.69 Å². The Hall–Kier alpha value is -3.00. The van der Waals surface area contributed by atoms with Gasteiger partial charge in [-0.2, -0.15) is 5.10 Å². The lowest BCUT2D eigenvalue weighted by Crippen LogP contribution is -2.41. The van der Waals surface area contributed by atoms with Crippen molar-refractivity contribution in [2.75, 3.05) is 18.0 Å². The molecule has 0 aliphatic carbocycles. The molecular formula is C23H27N5O2S. The molecule has 1 aliphatic rings. The molecule has 3 aromatic rings. The molecule has 0 saturated carbocycles. The van der Waals surface area contributed by atoms with Crippen LogP contribution in [0.3, 0.4) is 0 Å². The molecule has 1 aliphatic heterocycles. The summed E-state index contributed by atoms with van der Waals surface area (Å²) >= 11 is 1.26. The maximum Gasteiger partial charge on any atom is 0.277 e. The van der Waals surface area contributed by atoms with E-state index in [-0.39, 0.29) is 17.5 Å². The predicted octanol–water partition coefficient (Wildman–Crippen LogP) is 3.01. The first-order chi connectivity index (χ1) is 14.8. The van der Waals surface area contributed by atoms with Gasteiger partial charge >= 0.3 is 0 Å². The molecule has 1 amide bonds. The Morgan fingerprint density at radius 1 is 1.23 bits per heavy atom. The fourth-order valence-electron chi connectivity index (χ4n) is 4.07. The number of nitrogens with one attached hydrogen (secondary N) is 1. The number of para-hydroxylation sites is 1. The highest BCUT2D eigenvalue weighted by atomic mass is 32.1. The highest BCUT2D eigenvalue weighted by Gasteiger charge is 2.25. The number of amides is 1. The first-order valence-corrected chi connectivity index (χ1v) is 11.2. The Labute approximate surface area is 185 Å². The Balaban J connectivity index is 1.51. The largest absolute Gasteiger partial charge is 0.366 e. The predicted molar refractivity (Wildman–Crippen MR) is 124 cm³/mol. The zero-order valence-electron chi connectivity index (χ0n) is 18.5. The van der Waals surface area contributed by atoms with E-state index in [0.29, 0.717) is 27.7 Å². The summed E-state index contributed by atoms with van der Waals surface area (Å²) in [4.78, 5) is 33.0. The summed E-state index contributed by atoms with van der Waals surface area (Å²) in [6, 6.07) is 8.60. The van der Waals surface area contributed by atoms with Gasteiger partial charge in [0.25, 0.3) is 11.5 Å². The number of nitrogens with zero attached hydrogens (tertiary/aromatic N) is 4. The summed E-state index contributed by atoms with van der Waals surface area (Å²) < 4.78 is 1.32. The Kier molecular flexibility index (Phi) is 5.66. The molecule has 8 heteroatoms. The molecule has 4 rings (SSSR count). The van der Waals surface area contributed by atoms with Gasteiger partial charge in [-0.1, -0.05) is 18.2 Å². The smallest absolute Gasteiger partial charge is 0.277 e. The van der Waals surface area contributed by atoms with E-state index in [2.05, 4.69) is 51.5 Å². The van der Waals surface area contributed by atoms with E-state index in [1.165, 1.54) is 27.3 Å². The maximum atomic E-state index is 12.9. The van der Waals surface area contributed by atoms with Crippen molar-refractivity contribution < 1.29 is 4.79 Å². The molecule has 1 N–H and O–H groups in total. The number of benzene rings is 1. The van der Waals surface area contributed by atoms with E-state index < -0.39 is 0 Å². The van der Waals surface area contributed by atoms with E-state index in [9.17, 15) is 9.59 Å². The number of aromatic nitrogens is 3. The van der Waals surface area contributed by atoms with Crippen LogP contribution >= 0.6 is 11.3 Å². The molecule has 7 nitrogen and oxygen atoms in total. The summed E-state index contributed by atoms with van der Waals surface area (Å²) in [5, 5.41) is 7.84. The van der Waals surface area contributed by atoms with Crippen molar-refractivity contribution in [3.8, 4) is 10.6 Å². The van der Waals surface area contributed by atoms with Crippen LogP contribution in [-0.4, -0.2) is 39.8 Å². The standard InChI is InChI=1S/C23H27N5O2S/c1-13(28-11-10-17-8-6-7-9-18(17)28)12-24-21(29)20-16(4)25-22(31-20)19-14(2)15(3)26-27(5)23(19)30/h6-9,13H,10-12H2,1-5H3,(H,24,29)/t13-/m1/s1. The lowest BCUT2D eigenvalue weighted by molar-refractivity contribution is 0.0955. The van der Waals surface area contributed by atoms with Gasteiger partial charge in [0.15, 0.2) is 0 Å². The number of fused-ring (bicyclic) bond motifs is 1. The van der Waals surface area contributed by atoms with Crippen LogP contribution in [-0.2, 0) is 13.5 Å². The second kappa shape index (κ2) is 8.26. The van der Waals surface area contributed by atoms with Crippen LogP contribution < -0.4 is 15.8 Å². The first kappa shape index (κ1) is 21.2. The fourth-order valence-corrected chi connectivity index (χ4v) is 5.14. The number of thiazole rings is 1. The van der Waals surface area contributed by atoms with Gasteiger partial charge in [-0.25, -0.2) is 9.67 Å². The topological polar surface area (TPSA) is 80.1 Å². The number of aryl methyl sites for hydroxylation is 3. The Morgan fingerprint density at radius 2 is 1.97 bits per heavy atom. The third kappa shape index (κ3) is 3.87. The van der Waals surface area contributed by atoms with Gasteiger partial charge in [-0.15, -0.1) is 11.3 Å². The Morgan fingerprint density at radius 3 is 2.74 bits per heavy atom. The molecule has 0 fully saturated rings. The quantitative estimate of drug-likeness (QED) is 0.664. The van der Waals surface area contributed by atoms with Gasteiger partial charge in [0, 0.05) is 31.9 Å². The van der Waals surface area contributed by atoms with Crippen LogP contribution in [0, 0.1) is 20.8 Å². The van der Waals surface area contributed by atoms with Gasteiger partial charge in [0.2, 0.25) is 0 Å². The van der Waals surface area contributed by atoms with Crippen molar-refractivity contribution in [2.24, 2.45) is 7.05 Å². The molecule has 0 saturated heterocycles. The van der Waals surface area contributed by atoms with Crippen molar-refractivity contribution in [1.29, 1.82) is 0 Å². The Bertz CT molecular complexity index is 1210. The molecule has 3 heterocycles. The monoisotopic (exact) mass is 437 g/mol. The van der Waals surface area contributed by atoms with E-state index in [1.54, 1.807) is 7.05 Å². The van der Waals surface area contributed by atoms with Gasteiger partial charge in [-0.05, 0) is 51.3 Å². The van der Waals surface area contributed by atoms with Crippen molar-refractivity contribution in [1.82, 2.24) is 20.1 Å². The molecular weight excluding hydrogens is 410 g/mol. The summed E-state index contributed by atoms with van der Waals surface area (Å²) in [5.74, 6) is -0.152. The van der Waals surface area contributed by atoms with E-state index in [0.717, 1.165) is 24.2 Å². The van der Waals surface area contributed by atoms with E-state index >= 15 is 0 Å². The highest BCUT2D eigenvalue weighted by Crippen LogP contribution is 2.30. The third-order valence-electron chi connectivity index (χ3n) is 5.96. The molecule has 1 aromatic carbocycles. The molecule has 31 heavy (non-hydrogen) atoms. The van der Waals surface area contributed by atoms with Crippen LogP contribution in [0.2, 0.25) is 0 Å². The second-order valence-electron chi connectivity index (χ2n) is 8.08. The minimum atomic E-state index is -0.204. The minimum Gasteiger partial charge on any atom is -0.366 e.